The number of carbonyl (C=O) groups is 1. The summed E-state index contributed by atoms with van der Waals surface area (Å²) in [5, 5.41) is 5.15. The number of hydrogen-bond donors (Lipinski definition) is 0. The van der Waals surface area contributed by atoms with Crippen molar-refractivity contribution in [2.45, 2.75) is 6.92 Å². The van der Waals surface area contributed by atoms with Crippen molar-refractivity contribution in [2.75, 3.05) is 5.75 Å². The van der Waals surface area contributed by atoms with Gasteiger partial charge in [-0.3, -0.25) is 4.79 Å². The highest BCUT2D eigenvalue weighted by atomic mass is 32.2. The van der Waals surface area contributed by atoms with Crippen LogP contribution < -0.4 is 0 Å². The van der Waals surface area contributed by atoms with Crippen LogP contribution in [0.4, 0.5) is 0 Å². The van der Waals surface area contributed by atoms with Crippen LogP contribution in [-0.2, 0) is 4.79 Å². The van der Waals surface area contributed by atoms with Crippen molar-refractivity contribution in [1.29, 1.82) is 0 Å². The first kappa shape index (κ1) is 13.9. The molecule has 3 aromatic rings. The van der Waals surface area contributed by atoms with Crippen LogP contribution in [0.25, 0.3) is 27.6 Å². The minimum absolute atomic E-state index is 0.155. The van der Waals surface area contributed by atoms with Crippen molar-refractivity contribution in [3.05, 3.63) is 66.2 Å². The molecule has 0 unspecified atom stereocenters. The Kier molecular flexibility index (Phi) is 4.07. The molecule has 0 atom stereocenters. The number of hydrogen-bond acceptors (Lipinski definition) is 2. The highest BCUT2D eigenvalue weighted by Gasteiger charge is 2.04. The van der Waals surface area contributed by atoms with Gasteiger partial charge in [-0.25, -0.2) is 0 Å². The number of fused-ring (bicyclic) bond motifs is 2. The van der Waals surface area contributed by atoms with Gasteiger partial charge in [-0.1, -0.05) is 72.4 Å². The molecule has 0 spiro atoms. The van der Waals surface area contributed by atoms with Crippen LogP contribution in [0.15, 0.2) is 60.7 Å². The lowest BCUT2D eigenvalue weighted by Crippen LogP contribution is -1.85. The summed E-state index contributed by atoms with van der Waals surface area (Å²) in [7, 11) is 0. The molecular weight excluding hydrogens is 276 g/mol. The van der Waals surface area contributed by atoms with Gasteiger partial charge in [0, 0.05) is 12.7 Å². The molecule has 104 valence electrons. The zero-order valence-electron chi connectivity index (χ0n) is 11.9. The Bertz CT molecular complexity index is 779. The lowest BCUT2D eigenvalue weighted by molar-refractivity contribution is -0.109. The molecule has 0 heterocycles. The van der Waals surface area contributed by atoms with Crippen LogP contribution in [0.1, 0.15) is 12.5 Å². The molecule has 0 saturated carbocycles. The van der Waals surface area contributed by atoms with E-state index in [1.807, 2.05) is 0 Å². The van der Waals surface area contributed by atoms with E-state index >= 15 is 0 Å². The normalized spacial score (nSPS) is 11.5. The molecule has 0 aliphatic heterocycles. The molecule has 21 heavy (non-hydrogen) atoms. The van der Waals surface area contributed by atoms with Gasteiger partial charge in [0.2, 0.25) is 0 Å². The molecule has 3 rings (SSSR count). The zero-order chi connectivity index (χ0) is 14.7. The molecule has 0 aliphatic rings. The lowest BCUT2D eigenvalue weighted by Gasteiger charge is -2.08. The van der Waals surface area contributed by atoms with Crippen molar-refractivity contribution in [1.82, 2.24) is 0 Å². The maximum atomic E-state index is 11.0. The molecule has 0 aromatic heterocycles. The highest BCUT2D eigenvalue weighted by Crippen LogP contribution is 2.29. The third-order valence-electron chi connectivity index (χ3n) is 3.48. The number of thioether (sulfide) groups is 1. The van der Waals surface area contributed by atoms with Crippen LogP contribution in [0, 0.1) is 0 Å². The monoisotopic (exact) mass is 292 g/mol. The molecule has 0 saturated heterocycles. The van der Waals surface area contributed by atoms with Gasteiger partial charge in [-0.15, -0.1) is 0 Å². The standard InChI is InChI=1S/C19H16OS/c1-14(20)21-12-6-11-19-17-9-4-2-7-15(17)13-16-8-3-5-10-18(16)19/h2-11,13H,12H2,1H3. The molecule has 0 bridgehead atoms. The summed E-state index contributed by atoms with van der Waals surface area (Å²) in [6.07, 6.45) is 4.21. The average molecular weight is 292 g/mol. The van der Waals surface area contributed by atoms with Crippen LogP contribution >= 0.6 is 11.8 Å². The SMILES string of the molecule is CC(=O)SCC=Cc1c2ccccc2cc2ccccc12. The maximum Gasteiger partial charge on any atom is 0.186 e. The van der Waals surface area contributed by atoms with E-state index in [0.29, 0.717) is 5.75 Å². The summed E-state index contributed by atoms with van der Waals surface area (Å²) in [4.78, 5) is 11.0. The highest BCUT2D eigenvalue weighted by molar-refractivity contribution is 8.13. The van der Waals surface area contributed by atoms with E-state index in [0.717, 1.165) is 0 Å². The summed E-state index contributed by atoms with van der Waals surface area (Å²) >= 11 is 1.34. The summed E-state index contributed by atoms with van der Waals surface area (Å²) in [5.41, 5.74) is 1.23. The molecule has 0 amide bonds. The van der Waals surface area contributed by atoms with Crippen molar-refractivity contribution < 1.29 is 4.79 Å². The Morgan fingerprint density at radius 3 is 2.14 bits per heavy atom. The fourth-order valence-electron chi connectivity index (χ4n) is 2.56. The topological polar surface area (TPSA) is 17.1 Å². The predicted octanol–water partition coefficient (Wildman–Crippen LogP) is 5.29. The van der Waals surface area contributed by atoms with Gasteiger partial charge in [-0.05, 0) is 33.2 Å². The molecular formula is C19H16OS. The van der Waals surface area contributed by atoms with Gasteiger partial charge < -0.3 is 0 Å². The molecule has 1 nitrogen and oxygen atoms in total. The van der Waals surface area contributed by atoms with Crippen LogP contribution in [0.2, 0.25) is 0 Å². The minimum atomic E-state index is 0.155. The first-order chi connectivity index (χ1) is 10.3. The van der Waals surface area contributed by atoms with Crippen molar-refractivity contribution in [3.8, 4) is 0 Å². The third-order valence-corrected chi connectivity index (χ3v) is 4.25. The number of benzene rings is 3. The van der Waals surface area contributed by atoms with Gasteiger partial charge >= 0.3 is 0 Å². The van der Waals surface area contributed by atoms with Crippen molar-refractivity contribution >= 4 is 44.5 Å². The van der Waals surface area contributed by atoms with Gasteiger partial charge in [0.15, 0.2) is 5.12 Å². The second kappa shape index (κ2) is 6.15. The van der Waals surface area contributed by atoms with Gasteiger partial charge in [-0.2, -0.15) is 0 Å². The van der Waals surface area contributed by atoms with E-state index in [1.54, 1.807) is 6.92 Å². The number of carbonyl (C=O) groups excluding carboxylic acids is 1. The molecule has 0 aliphatic carbocycles. The molecule has 0 radical (unpaired) electrons. The van der Waals surface area contributed by atoms with Gasteiger partial charge in [0.1, 0.15) is 0 Å². The van der Waals surface area contributed by atoms with Crippen LogP contribution in [0.5, 0.6) is 0 Å². The van der Waals surface area contributed by atoms with E-state index in [-0.39, 0.29) is 5.12 Å². The van der Waals surface area contributed by atoms with E-state index in [1.165, 1.54) is 38.9 Å². The van der Waals surface area contributed by atoms with Gasteiger partial charge in [0.05, 0.1) is 0 Å². The van der Waals surface area contributed by atoms with Crippen LogP contribution in [-0.4, -0.2) is 10.9 Å². The Morgan fingerprint density at radius 1 is 1.00 bits per heavy atom. The zero-order valence-corrected chi connectivity index (χ0v) is 12.7. The molecule has 0 N–H and O–H groups in total. The summed E-state index contributed by atoms with van der Waals surface area (Å²) < 4.78 is 0. The van der Waals surface area contributed by atoms with E-state index in [9.17, 15) is 4.79 Å². The molecule has 0 fully saturated rings. The summed E-state index contributed by atoms with van der Waals surface area (Å²) in [6.45, 7) is 1.60. The van der Waals surface area contributed by atoms with Crippen LogP contribution in [0.3, 0.4) is 0 Å². The molecule has 3 aromatic carbocycles. The Hall–Kier alpha value is -2.06. The third kappa shape index (κ3) is 3.01. The first-order valence-corrected chi connectivity index (χ1v) is 7.94. The number of rotatable bonds is 3. The Labute approximate surface area is 128 Å². The summed E-state index contributed by atoms with van der Waals surface area (Å²) in [5.74, 6) is 0.715. The van der Waals surface area contributed by atoms with Gasteiger partial charge in [0.25, 0.3) is 0 Å². The fraction of sp³-hybridized carbons (Fsp3) is 0.105. The second-order valence-corrected chi connectivity index (χ2v) is 6.13. The van der Waals surface area contributed by atoms with E-state index in [4.69, 9.17) is 0 Å². The largest absolute Gasteiger partial charge is 0.288 e. The predicted molar refractivity (Wildman–Crippen MR) is 93.6 cm³/mol. The Morgan fingerprint density at radius 2 is 1.57 bits per heavy atom. The van der Waals surface area contributed by atoms with Crippen molar-refractivity contribution in [3.63, 3.8) is 0 Å². The smallest absolute Gasteiger partial charge is 0.186 e. The Balaban J connectivity index is 2.13. The average Bonchev–Trinajstić information content (AvgIpc) is 2.50. The summed E-state index contributed by atoms with van der Waals surface area (Å²) in [6, 6.07) is 19.1. The van der Waals surface area contributed by atoms with Crippen molar-refractivity contribution in [2.24, 2.45) is 0 Å². The second-order valence-electron chi connectivity index (χ2n) is 4.94. The minimum Gasteiger partial charge on any atom is -0.288 e. The van der Waals surface area contributed by atoms with E-state index < -0.39 is 0 Å². The van der Waals surface area contributed by atoms with E-state index in [2.05, 4.69) is 66.7 Å². The molecule has 2 heteroatoms. The lowest BCUT2D eigenvalue weighted by atomic mass is 9.96. The fourth-order valence-corrected chi connectivity index (χ4v) is 2.99. The maximum absolute atomic E-state index is 11.0. The quantitative estimate of drug-likeness (QED) is 0.610. The first-order valence-electron chi connectivity index (χ1n) is 6.96.